The number of likely N-dealkylation sites (N-methyl/N-ethyl adjacent to an activating group) is 1. The van der Waals surface area contributed by atoms with E-state index in [1.165, 1.54) is 19.3 Å². The zero-order valence-corrected chi connectivity index (χ0v) is 10.2. The second-order valence-corrected chi connectivity index (χ2v) is 5.10. The maximum absolute atomic E-state index is 6.01. The average Bonchev–Trinajstić information content (AvgIpc) is 2.18. The number of nitrogens with two attached hydrogens (primary N) is 1. The average molecular weight is 198 g/mol. The molecule has 1 rings (SSSR count). The lowest BCUT2D eigenvalue weighted by Crippen LogP contribution is -2.58. The molecule has 0 amide bonds. The van der Waals surface area contributed by atoms with Gasteiger partial charge in [-0.3, -0.25) is 4.90 Å². The van der Waals surface area contributed by atoms with E-state index in [1.54, 1.807) is 0 Å². The number of nitrogens with zero attached hydrogens (tertiary/aromatic N) is 1. The number of hydrogen-bond donors (Lipinski definition) is 1. The Bertz CT molecular complexity index is 181. The Morgan fingerprint density at radius 2 is 2.07 bits per heavy atom. The molecule has 0 aromatic carbocycles. The van der Waals surface area contributed by atoms with Gasteiger partial charge in [-0.15, -0.1) is 0 Å². The van der Waals surface area contributed by atoms with Crippen molar-refractivity contribution in [1.82, 2.24) is 4.90 Å². The molecule has 1 fully saturated rings. The van der Waals surface area contributed by atoms with Gasteiger partial charge in [-0.05, 0) is 44.7 Å². The Morgan fingerprint density at radius 3 is 2.50 bits per heavy atom. The van der Waals surface area contributed by atoms with Crippen LogP contribution < -0.4 is 5.73 Å². The summed E-state index contributed by atoms with van der Waals surface area (Å²) in [6.45, 7) is 8.88. The highest BCUT2D eigenvalue weighted by atomic mass is 15.2. The molecular weight excluding hydrogens is 172 g/mol. The predicted octanol–water partition coefficient (Wildman–Crippen LogP) is 2.09. The van der Waals surface area contributed by atoms with E-state index in [9.17, 15) is 0 Å². The van der Waals surface area contributed by atoms with Crippen LogP contribution in [0.1, 0.15) is 40.0 Å². The van der Waals surface area contributed by atoms with Crippen molar-refractivity contribution in [2.75, 3.05) is 20.1 Å². The van der Waals surface area contributed by atoms with Gasteiger partial charge in [0.05, 0.1) is 0 Å². The van der Waals surface area contributed by atoms with E-state index in [4.69, 9.17) is 5.73 Å². The van der Waals surface area contributed by atoms with Crippen molar-refractivity contribution in [1.29, 1.82) is 0 Å². The third kappa shape index (κ3) is 1.96. The van der Waals surface area contributed by atoms with Gasteiger partial charge in [-0.1, -0.05) is 20.8 Å². The van der Waals surface area contributed by atoms with Crippen LogP contribution in [0.2, 0.25) is 0 Å². The Hall–Kier alpha value is -0.0800. The zero-order valence-electron chi connectivity index (χ0n) is 10.2. The fraction of sp³-hybridized carbons (Fsp3) is 1.00. The first kappa shape index (κ1) is 12.0. The smallest absolute Gasteiger partial charge is 0.0354 e. The highest BCUT2D eigenvalue weighted by Crippen LogP contribution is 2.39. The van der Waals surface area contributed by atoms with Crippen LogP contribution >= 0.6 is 0 Å². The monoisotopic (exact) mass is 198 g/mol. The van der Waals surface area contributed by atoms with E-state index in [1.807, 2.05) is 0 Å². The molecule has 1 saturated carbocycles. The molecule has 2 heteroatoms. The minimum atomic E-state index is 0.279. The first-order chi connectivity index (χ1) is 6.56. The maximum Gasteiger partial charge on any atom is 0.0354 e. The van der Waals surface area contributed by atoms with E-state index in [0.717, 1.165) is 24.9 Å². The molecule has 0 spiro atoms. The Kier molecular flexibility index (Phi) is 3.96. The lowest BCUT2D eigenvalue weighted by atomic mass is 9.69. The first-order valence-electron chi connectivity index (χ1n) is 5.98. The Balaban J connectivity index is 2.77. The van der Waals surface area contributed by atoms with Crippen molar-refractivity contribution in [3.8, 4) is 0 Å². The molecular formula is C12H26N2. The van der Waals surface area contributed by atoms with Crippen LogP contribution in [0, 0.1) is 11.8 Å². The Labute approximate surface area is 88.8 Å². The topological polar surface area (TPSA) is 29.3 Å². The van der Waals surface area contributed by atoms with Crippen LogP contribution in [0.15, 0.2) is 0 Å². The van der Waals surface area contributed by atoms with E-state index in [2.05, 4.69) is 32.7 Å². The normalized spacial score (nSPS) is 39.0. The van der Waals surface area contributed by atoms with Crippen molar-refractivity contribution in [2.24, 2.45) is 17.6 Å². The molecule has 2 N–H and O–H groups in total. The second-order valence-electron chi connectivity index (χ2n) is 5.10. The molecule has 0 bridgehead atoms. The van der Waals surface area contributed by atoms with Gasteiger partial charge in [-0.2, -0.15) is 0 Å². The molecule has 0 heterocycles. The fourth-order valence-corrected chi connectivity index (χ4v) is 3.02. The van der Waals surface area contributed by atoms with E-state index in [0.29, 0.717) is 0 Å². The summed E-state index contributed by atoms with van der Waals surface area (Å²) in [5.41, 5.74) is 6.29. The molecule has 84 valence electrons. The summed E-state index contributed by atoms with van der Waals surface area (Å²) in [5, 5.41) is 0. The largest absolute Gasteiger partial charge is 0.329 e. The summed E-state index contributed by atoms with van der Waals surface area (Å²) in [5.74, 6) is 1.62. The zero-order chi connectivity index (χ0) is 10.8. The molecule has 1 aliphatic rings. The predicted molar refractivity (Wildman–Crippen MR) is 62.3 cm³/mol. The molecule has 0 aliphatic heterocycles. The van der Waals surface area contributed by atoms with Gasteiger partial charge in [-0.25, -0.2) is 0 Å². The molecule has 0 aromatic heterocycles. The van der Waals surface area contributed by atoms with Gasteiger partial charge in [0.1, 0.15) is 0 Å². The standard InChI is InChI=1S/C12H26N2/c1-5-14(4)12(9-13)7-6-10(2)8-11(12)3/h10-11H,5-9,13H2,1-4H3. The summed E-state index contributed by atoms with van der Waals surface area (Å²) < 4.78 is 0. The lowest BCUT2D eigenvalue weighted by Gasteiger charge is -2.49. The third-order valence-electron chi connectivity index (χ3n) is 4.33. The fourth-order valence-electron chi connectivity index (χ4n) is 3.02. The van der Waals surface area contributed by atoms with Crippen LogP contribution in [-0.2, 0) is 0 Å². The highest BCUT2D eigenvalue weighted by molar-refractivity contribution is 4.98. The van der Waals surface area contributed by atoms with Crippen molar-refractivity contribution in [3.05, 3.63) is 0 Å². The minimum Gasteiger partial charge on any atom is -0.329 e. The van der Waals surface area contributed by atoms with Gasteiger partial charge >= 0.3 is 0 Å². The molecule has 0 saturated heterocycles. The van der Waals surface area contributed by atoms with Crippen LogP contribution in [-0.4, -0.2) is 30.6 Å². The summed E-state index contributed by atoms with van der Waals surface area (Å²) in [6, 6.07) is 0. The van der Waals surface area contributed by atoms with Crippen LogP contribution in [0.5, 0.6) is 0 Å². The third-order valence-corrected chi connectivity index (χ3v) is 4.33. The maximum atomic E-state index is 6.01. The van der Waals surface area contributed by atoms with Gasteiger partial charge in [0, 0.05) is 12.1 Å². The first-order valence-corrected chi connectivity index (χ1v) is 5.98. The molecule has 0 aromatic rings. The number of rotatable bonds is 3. The van der Waals surface area contributed by atoms with Gasteiger partial charge in [0.15, 0.2) is 0 Å². The van der Waals surface area contributed by atoms with Crippen LogP contribution in [0.25, 0.3) is 0 Å². The molecule has 3 unspecified atom stereocenters. The summed E-state index contributed by atoms with van der Waals surface area (Å²) in [4.78, 5) is 2.46. The quantitative estimate of drug-likeness (QED) is 0.752. The summed E-state index contributed by atoms with van der Waals surface area (Å²) >= 11 is 0. The van der Waals surface area contributed by atoms with Gasteiger partial charge in [0.25, 0.3) is 0 Å². The molecule has 1 aliphatic carbocycles. The highest BCUT2D eigenvalue weighted by Gasteiger charge is 2.41. The summed E-state index contributed by atoms with van der Waals surface area (Å²) in [6.07, 6.45) is 3.95. The van der Waals surface area contributed by atoms with E-state index in [-0.39, 0.29) is 5.54 Å². The lowest BCUT2D eigenvalue weighted by molar-refractivity contribution is 0.0219. The van der Waals surface area contributed by atoms with Crippen molar-refractivity contribution in [3.63, 3.8) is 0 Å². The Morgan fingerprint density at radius 1 is 1.43 bits per heavy atom. The second kappa shape index (κ2) is 4.63. The SMILES string of the molecule is CCN(C)C1(CN)CCC(C)CC1C. The summed E-state index contributed by atoms with van der Waals surface area (Å²) in [7, 11) is 2.22. The molecule has 0 radical (unpaired) electrons. The molecule has 3 atom stereocenters. The van der Waals surface area contributed by atoms with Gasteiger partial charge < -0.3 is 5.73 Å². The molecule has 2 nitrogen and oxygen atoms in total. The van der Waals surface area contributed by atoms with Crippen molar-refractivity contribution in [2.45, 2.75) is 45.6 Å². The van der Waals surface area contributed by atoms with Crippen molar-refractivity contribution >= 4 is 0 Å². The van der Waals surface area contributed by atoms with Crippen LogP contribution in [0.3, 0.4) is 0 Å². The van der Waals surface area contributed by atoms with E-state index >= 15 is 0 Å². The molecule has 14 heavy (non-hydrogen) atoms. The number of hydrogen-bond acceptors (Lipinski definition) is 2. The van der Waals surface area contributed by atoms with Crippen LogP contribution in [0.4, 0.5) is 0 Å². The minimum absolute atomic E-state index is 0.279. The van der Waals surface area contributed by atoms with E-state index < -0.39 is 0 Å². The van der Waals surface area contributed by atoms with Crippen molar-refractivity contribution < 1.29 is 0 Å². The van der Waals surface area contributed by atoms with Gasteiger partial charge in [0.2, 0.25) is 0 Å².